The molecule has 2 aliphatic rings. The summed E-state index contributed by atoms with van der Waals surface area (Å²) in [5.74, 6) is -1.00. The topological polar surface area (TPSA) is 98.8 Å². The first kappa shape index (κ1) is 20.1. The number of amides is 5. The molecule has 4 rings (SSSR count). The lowest BCUT2D eigenvalue weighted by molar-refractivity contribution is -0.134. The molecular weight excluding hydrogens is 404 g/mol. The number of nitrogens with zero attached hydrogens (tertiary/aromatic N) is 2. The Morgan fingerprint density at radius 2 is 1.93 bits per heavy atom. The van der Waals surface area contributed by atoms with Crippen molar-refractivity contribution in [3.63, 3.8) is 0 Å². The number of urea groups is 1. The van der Waals surface area contributed by atoms with Crippen molar-refractivity contribution in [2.75, 3.05) is 26.0 Å². The Hall–Kier alpha value is -3.20. The highest BCUT2D eigenvalue weighted by molar-refractivity contribution is 7.10. The van der Waals surface area contributed by atoms with E-state index in [2.05, 4.69) is 10.6 Å². The minimum atomic E-state index is -1.06. The number of carbonyl (C=O) groups is 4. The van der Waals surface area contributed by atoms with Crippen molar-refractivity contribution >= 4 is 40.8 Å². The van der Waals surface area contributed by atoms with E-state index in [1.54, 1.807) is 49.7 Å². The summed E-state index contributed by atoms with van der Waals surface area (Å²) in [4.78, 5) is 53.7. The van der Waals surface area contributed by atoms with Gasteiger partial charge >= 0.3 is 6.03 Å². The zero-order chi connectivity index (χ0) is 21.5. The number of carbonyl (C=O) groups excluding carboxylic acids is 4. The molecule has 2 heterocycles. The van der Waals surface area contributed by atoms with Crippen LogP contribution < -0.4 is 10.6 Å². The maximum Gasteiger partial charge on any atom is 0.325 e. The van der Waals surface area contributed by atoms with E-state index in [0.29, 0.717) is 17.7 Å². The van der Waals surface area contributed by atoms with E-state index in [4.69, 9.17) is 0 Å². The van der Waals surface area contributed by atoms with Crippen LogP contribution in [0.15, 0.2) is 35.7 Å². The van der Waals surface area contributed by atoms with Crippen molar-refractivity contribution < 1.29 is 19.2 Å². The molecule has 1 aromatic carbocycles. The van der Waals surface area contributed by atoms with Crippen molar-refractivity contribution in [3.05, 3.63) is 51.7 Å². The Labute approximate surface area is 177 Å². The second kappa shape index (κ2) is 7.56. The molecular formula is C21H22N4O4S. The summed E-state index contributed by atoms with van der Waals surface area (Å²) in [5, 5.41) is 7.44. The highest BCUT2D eigenvalue weighted by atomic mass is 32.1. The van der Waals surface area contributed by atoms with Crippen LogP contribution in [0.1, 0.15) is 33.6 Å². The van der Waals surface area contributed by atoms with Gasteiger partial charge in [-0.25, -0.2) is 4.79 Å². The van der Waals surface area contributed by atoms with Crippen LogP contribution in [-0.2, 0) is 21.5 Å². The molecule has 1 atom stereocenters. The molecule has 0 bridgehead atoms. The summed E-state index contributed by atoms with van der Waals surface area (Å²) in [6.45, 7) is -0.371. The minimum Gasteiger partial charge on any atom is -0.345 e. The van der Waals surface area contributed by atoms with Gasteiger partial charge in [-0.1, -0.05) is 0 Å². The first-order chi connectivity index (χ1) is 14.3. The summed E-state index contributed by atoms with van der Waals surface area (Å²) < 4.78 is 0. The van der Waals surface area contributed by atoms with Gasteiger partial charge < -0.3 is 15.5 Å². The standard InChI is InChI=1S/C21H22N4O4S/c1-24(2)18(27)13-5-7-14(8-6-13)22-17(26)12-25-19(28)21(23-20(25)29)10-3-4-16-15(21)9-11-30-16/h5-9,11H,3-4,10,12H2,1-2H3,(H,22,26)(H,23,29). The molecule has 1 spiro atoms. The predicted molar refractivity (Wildman–Crippen MR) is 112 cm³/mol. The first-order valence-corrected chi connectivity index (χ1v) is 10.5. The number of thiophene rings is 1. The van der Waals surface area contributed by atoms with Crippen LogP contribution in [-0.4, -0.2) is 54.2 Å². The summed E-state index contributed by atoms with van der Waals surface area (Å²) in [7, 11) is 3.32. The molecule has 9 heteroatoms. The van der Waals surface area contributed by atoms with E-state index in [9.17, 15) is 19.2 Å². The van der Waals surface area contributed by atoms with Crippen LogP contribution in [0.5, 0.6) is 0 Å². The third-order valence-electron chi connectivity index (χ3n) is 5.46. The Bertz CT molecular complexity index is 1030. The molecule has 1 fully saturated rings. The van der Waals surface area contributed by atoms with Crippen LogP contribution in [0, 0.1) is 0 Å². The number of fused-ring (bicyclic) bond motifs is 2. The lowest BCUT2D eigenvalue weighted by atomic mass is 9.80. The highest BCUT2D eigenvalue weighted by Gasteiger charge is 2.54. The molecule has 0 radical (unpaired) electrons. The summed E-state index contributed by atoms with van der Waals surface area (Å²) in [6, 6.07) is 7.78. The second-order valence-electron chi connectivity index (χ2n) is 7.66. The van der Waals surface area contributed by atoms with Crippen LogP contribution in [0.25, 0.3) is 0 Å². The molecule has 5 amide bonds. The fraction of sp³-hybridized carbons (Fsp3) is 0.333. The van der Waals surface area contributed by atoms with E-state index >= 15 is 0 Å². The van der Waals surface area contributed by atoms with E-state index < -0.39 is 17.5 Å². The molecule has 156 valence electrons. The van der Waals surface area contributed by atoms with Gasteiger partial charge in [-0.05, 0) is 55.0 Å². The Kier molecular flexibility index (Phi) is 5.07. The van der Waals surface area contributed by atoms with Crippen molar-refractivity contribution in [1.82, 2.24) is 15.1 Å². The van der Waals surface area contributed by atoms with Gasteiger partial charge in [0.25, 0.3) is 11.8 Å². The zero-order valence-corrected chi connectivity index (χ0v) is 17.5. The molecule has 8 nitrogen and oxygen atoms in total. The van der Waals surface area contributed by atoms with Gasteiger partial charge in [-0.15, -0.1) is 11.3 Å². The van der Waals surface area contributed by atoms with E-state index in [1.807, 2.05) is 11.4 Å². The fourth-order valence-corrected chi connectivity index (χ4v) is 4.98. The van der Waals surface area contributed by atoms with Gasteiger partial charge in [0.2, 0.25) is 5.91 Å². The van der Waals surface area contributed by atoms with Crippen LogP contribution in [0.2, 0.25) is 0 Å². The van der Waals surface area contributed by atoms with E-state index in [1.165, 1.54) is 4.90 Å². The monoisotopic (exact) mass is 426 g/mol. The smallest absolute Gasteiger partial charge is 0.325 e. The number of rotatable bonds is 4. The van der Waals surface area contributed by atoms with Gasteiger partial charge in [0.15, 0.2) is 0 Å². The third kappa shape index (κ3) is 3.35. The SMILES string of the molecule is CN(C)C(=O)c1ccc(NC(=O)CN2C(=O)NC3(CCCc4sccc43)C2=O)cc1. The van der Waals surface area contributed by atoms with E-state index in [-0.39, 0.29) is 18.4 Å². The summed E-state index contributed by atoms with van der Waals surface area (Å²) in [6.07, 6.45) is 2.23. The predicted octanol–water partition coefficient (Wildman–Crippen LogP) is 2.17. The third-order valence-corrected chi connectivity index (χ3v) is 6.44. The molecule has 30 heavy (non-hydrogen) atoms. The molecule has 2 aromatic rings. The fourth-order valence-electron chi connectivity index (χ4n) is 3.98. The number of hydrogen-bond acceptors (Lipinski definition) is 5. The number of benzene rings is 1. The van der Waals surface area contributed by atoms with Gasteiger partial charge in [-0.3, -0.25) is 19.3 Å². The maximum atomic E-state index is 13.1. The molecule has 1 aromatic heterocycles. The second-order valence-corrected chi connectivity index (χ2v) is 8.66. The number of aryl methyl sites for hydroxylation is 1. The molecule has 0 saturated carbocycles. The van der Waals surface area contributed by atoms with Crippen molar-refractivity contribution in [2.45, 2.75) is 24.8 Å². The number of hydrogen-bond donors (Lipinski definition) is 2. The average molecular weight is 426 g/mol. The van der Waals surface area contributed by atoms with Gasteiger partial charge in [-0.2, -0.15) is 0 Å². The van der Waals surface area contributed by atoms with Crippen molar-refractivity contribution in [3.8, 4) is 0 Å². The van der Waals surface area contributed by atoms with Crippen LogP contribution in [0.4, 0.5) is 10.5 Å². The maximum absolute atomic E-state index is 13.1. The zero-order valence-electron chi connectivity index (χ0n) is 16.7. The quantitative estimate of drug-likeness (QED) is 0.732. The highest BCUT2D eigenvalue weighted by Crippen LogP contribution is 2.42. The normalized spacial score (nSPS) is 20.1. The Morgan fingerprint density at radius 3 is 2.63 bits per heavy atom. The molecule has 1 aliphatic heterocycles. The largest absolute Gasteiger partial charge is 0.345 e. The molecule has 1 aliphatic carbocycles. The van der Waals surface area contributed by atoms with E-state index in [0.717, 1.165) is 28.2 Å². The minimum absolute atomic E-state index is 0.141. The summed E-state index contributed by atoms with van der Waals surface area (Å²) >= 11 is 1.58. The van der Waals surface area contributed by atoms with Gasteiger partial charge in [0.1, 0.15) is 12.1 Å². The van der Waals surface area contributed by atoms with Crippen molar-refractivity contribution in [2.24, 2.45) is 0 Å². The molecule has 2 N–H and O–H groups in total. The van der Waals surface area contributed by atoms with Crippen LogP contribution >= 0.6 is 11.3 Å². The average Bonchev–Trinajstić information content (AvgIpc) is 3.29. The number of anilines is 1. The first-order valence-electron chi connectivity index (χ1n) is 9.64. The lowest BCUT2D eigenvalue weighted by Gasteiger charge is -2.31. The number of imide groups is 1. The lowest BCUT2D eigenvalue weighted by Crippen LogP contribution is -2.46. The summed E-state index contributed by atoms with van der Waals surface area (Å²) in [5.41, 5.74) is 0.771. The molecule has 1 unspecified atom stereocenters. The molecule has 1 saturated heterocycles. The van der Waals surface area contributed by atoms with Gasteiger partial charge in [0, 0.05) is 35.8 Å². The Balaban J connectivity index is 1.45. The van der Waals surface area contributed by atoms with Gasteiger partial charge in [0.05, 0.1) is 0 Å². The number of nitrogens with one attached hydrogen (secondary N) is 2. The Morgan fingerprint density at radius 1 is 1.20 bits per heavy atom. The van der Waals surface area contributed by atoms with Crippen molar-refractivity contribution in [1.29, 1.82) is 0 Å². The van der Waals surface area contributed by atoms with Crippen LogP contribution in [0.3, 0.4) is 0 Å².